The molecule has 8 heteroatoms. The summed E-state index contributed by atoms with van der Waals surface area (Å²) in [6, 6.07) is 7.49. The third kappa shape index (κ3) is 3.48. The first kappa shape index (κ1) is 18.4. The Morgan fingerprint density at radius 1 is 1.37 bits per heavy atom. The standard InChI is InChI=1S/C19H20ClN3O3S/c1-11(2)26-17-9-22(8-16(17)24)18(25)15-10-27-19-21-14(7-23(15)19)12-5-3-4-6-13(12)20/h3-7,10-11,16-17,24H,8-9H2,1-2H3/t16-,17-/m0/s1. The van der Waals surface area contributed by atoms with Gasteiger partial charge in [-0.05, 0) is 19.9 Å². The molecule has 0 spiro atoms. The summed E-state index contributed by atoms with van der Waals surface area (Å²) in [7, 11) is 0. The molecule has 0 saturated carbocycles. The molecule has 1 N–H and O–H groups in total. The van der Waals surface area contributed by atoms with Crippen LogP contribution < -0.4 is 0 Å². The number of imidazole rings is 1. The molecule has 1 fully saturated rings. The number of rotatable bonds is 4. The van der Waals surface area contributed by atoms with E-state index < -0.39 is 6.10 Å². The fourth-order valence-electron chi connectivity index (χ4n) is 3.30. The summed E-state index contributed by atoms with van der Waals surface area (Å²) < 4.78 is 7.50. The highest BCUT2D eigenvalue weighted by atomic mass is 35.5. The zero-order valence-electron chi connectivity index (χ0n) is 15.0. The zero-order chi connectivity index (χ0) is 19.1. The predicted molar refractivity (Wildman–Crippen MR) is 105 cm³/mol. The molecular formula is C19H20ClN3O3S. The first-order chi connectivity index (χ1) is 12.9. The van der Waals surface area contributed by atoms with Crippen molar-refractivity contribution in [1.82, 2.24) is 14.3 Å². The minimum Gasteiger partial charge on any atom is -0.388 e. The lowest BCUT2D eigenvalue weighted by Gasteiger charge is -2.18. The maximum atomic E-state index is 13.0. The Morgan fingerprint density at radius 3 is 2.89 bits per heavy atom. The van der Waals surface area contributed by atoms with Gasteiger partial charge in [-0.2, -0.15) is 0 Å². The Labute approximate surface area is 166 Å². The van der Waals surface area contributed by atoms with Crippen LogP contribution in [0.15, 0.2) is 35.8 Å². The fourth-order valence-corrected chi connectivity index (χ4v) is 4.38. The van der Waals surface area contributed by atoms with Crippen LogP contribution in [0.4, 0.5) is 0 Å². The number of thiazole rings is 1. The predicted octanol–water partition coefficient (Wildman–Crippen LogP) is 3.33. The van der Waals surface area contributed by atoms with Crippen LogP contribution >= 0.6 is 22.9 Å². The molecule has 0 aliphatic carbocycles. The quantitative estimate of drug-likeness (QED) is 0.723. The zero-order valence-corrected chi connectivity index (χ0v) is 16.6. The van der Waals surface area contributed by atoms with Crippen molar-refractivity contribution in [3.63, 3.8) is 0 Å². The third-order valence-electron chi connectivity index (χ3n) is 4.55. The number of aliphatic hydroxyl groups is 1. The van der Waals surface area contributed by atoms with E-state index in [0.717, 1.165) is 16.2 Å². The number of fused-ring (bicyclic) bond motifs is 1. The van der Waals surface area contributed by atoms with Crippen molar-refractivity contribution in [3.05, 3.63) is 46.6 Å². The van der Waals surface area contributed by atoms with E-state index in [1.807, 2.05) is 44.3 Å². The smallest absolute Gasteiger partial charge is 0.271 e. The lowest BCUT2D eigenvalue weighted by atomic mass is 10.2. The third-order valence-corrected chi connectivity index (χ3v) is 5.72. The molecule has 1 aliphatic rings. The number of carbonyl (C=O) groups is 1. The van der Waals surface area contributed by atoms with E-state index in [0.29, 0.717) is 17.3 Å². The first-order valence-electron chi connectivity index (χ1n) is 8.78. The molecule has 142 valence electrons. The van der Waals surface area contributed by atoms with Gasteiger partial charge in [-0.25, -0.2) is 4.98 Å². The molecule has 1 aromatic carbocycles. The van der Waals surface area contributed by atoms with Crippen molar-refractivity contribution in [2.45, 2.75) is 32.2 Å². The number of nitrogens with zero attached hydrogens (tertiary/aromatic N) is 3. The van der Waals surface area contributed by atoms with Gasteiger partial charge in [0, 0.05) is 30.2 Å². The van der Waals surface area contributed by atoms with E-state index in [-0.39, 0.29) is 24.7 Å². The number of hydrogen-bond donors (Lipinski definition) is 1. The minimum absolute atomic E-state index is 0.000570. The van der Waals surface area contributed by atoms with Crippen molar-refractivity contribution in [2.75, 3.05) is 13.1 Å². The summed E-state index contributed by atoms with van der Waals surface area (Å²) in [5.74, 6) is -0.140. The van der Waals surface area contributed by atoms with Gasteiger partial charge in [-0.15, -0.1) is 11.3 Å². The lowest BCUT2D eigenvalue weighted by molar-refractivity contribution is -0.0394. The highest BCUT2D eigenvalue weighted by molar-refractivity contribution is 7.15. The van der Waals surface area contributed by atoms with Crippen LogP contribution in [0.5, 0.6) is 0 Å². The number of halogens is 1. The van der Waals surface area contributed by atoms with E-state index in [4.69, 9.17) is 16.3 Å². The number of β-amino-alcohol motifs (C(OH)–C–C–N with tert-alkyl or cyclic N) is 1. The molecule has 0 radical (unpaired) electrons. The van der Waals surface area contributed by atoms with Crippen molar-refractivity contribution in [2.24, 2.45) is 0 Å². The number of likely N-dealkylation sites (tertiary alicyclic amines) is 1. The largest absolute Gasteiger partial charge is 0.388 e. The SMILES string of the molecule is CC(C)O[C@H]1CN(C(=O)c2csc3nc(-c4ccccc4Cl)cn23)C[C@@H]1O. The maximum absolute atomic E-state index is 13.0. The van der Waals surface area contributed by atoms with Crippen LogP contribution in [-0.2, 0) is 4.74 Å². The molecule has 1 aliphatic heterocycles. The van der Waals surface area contributed by atoms with E-state index in [2.05, 4.69) is 4.98 Å². The van der Waals surface area contributed by atoms with Crippen LogP contribution in [-0.4, -0.2) is 56.7 Å². The van der Waals surface area contributed by atoms with Crippen molar-refractivity contribution < 1.29 is 14.6 Å². The summed E-state index contributed by atoms with van der Waals surface area (Å²) in [4.78, 5) is 20.0. The highest BCUT2D eigenvalue weighted by Gasteiger charge is 2.36. The second-order valence-corrected chi connectivity index (χ2v) is 8.12. The van der Waals surface area contributed by atoms with Crippen molar-refractivity contribution in [1.29, 1.82) is 0 Å². The summed E-state index contributed by atoms with van der Waals surface area (Å²) in [5, 5.41) is 12.6. The number of hydrogen-bond acceptors (Lipinski definition) is 5. The Kier molecular flexibility index (Phi) is 4.94. The first-order valence-corrected chi connectivity index (χ1v) is 10.0. The minimum atomic E-state index is -0.674. The molecule has 27 heavy (non-hydrogen) atoms. The number of carbonyl (C=O) groups excluding carboxylic acids is 1. The van der Waals surface area contributed by atoms with Gasteiger partial charge in [-0.1, -0.05) is 29.8 Å². The summed E-state index contributed by atoms with van der Waals surface area (Å²) >= 11 is 7.67. The van der Waals surface area contributed by atoms with Gasteiger partial charge < -0.3 is 14.7 Å². The molecule has 3 aromatic rings. The molecule has 1 saturated heterocycles. The van der Waals surface area contributed by atoms with Crippen LogP contribution in [0.3, 0.4) is 0 Å². The number of benzene rings is 1. The molecule has 2 atom stereocenters. The summed E-state index contributed by atoms with van der Waals surface area (Å²) in [6.07, 6.45) is 0.797. The van der Waals surface area contributed by atoms with Gasteiger partial charge in [0.15, 0.2) is 4.96 Å². The molecular weight excluding hydrogens is 386 g/mol. The monoisotopic (exact) mass is 405 g/mol. The van der Waals surface area contributed by atoms with Gasteiger partial charge in [0.1, 0.15) is 11.8 Å². The van der Waals surface area contributed by atoms with E-state index in [1.165, 1.54) is 11.3 Å². The van der Waals surface area contributed by atoms with E-state index in [1.54, 1.807) is 14.7 Å². The van der Waals surface area contributed by atoms with Crippen LogP contribution in [0.25, 0.3) is 16.2 Å². The van der Waals surface area contributed by atoms with Gasteiger partial charge in [0.2, 0.25) is 0 Å². The van der Waals surface area contributed by atoms with Gasteiger partial charge in [-0.3, -0.25) is 9.20 Å². The molecule has 4 rings (SSSR count). The molecule has 2 aromatic heterocycles. The highest BCUT2D eigenvalue weighted by Crippen LogP contribution is 2.29. The average Bonchev–Trinajstić information content (AvgIpc) is 3.29. The molecule has 3 heterocycles. The molecule has 0 bridgehead atoms. The van der Waals surface area contributed by atoms with Crippen molar-refractivity contribution in [3.8, 4) is 11.3 Å². The Bertz CT molecular complexity index is 984. The van der Waals surface area contributed by atoms with Crippen LogP contribution in [0.2, 0.25) is 5.02 Å². The molecule has 6 nitrogen and oxygen atoms in total. The van der Waals surface area contributed by atoms with E-state index >= 15 is 0 Å². The second-order valence-electron chi connectivity index (χ2n) is 6.88. The van der Waals surface area contributed by atoms with Crippen LogP contribution in [0, 0.1) is 0 Å². The van der Waals surface area contributed by atoms with Crippen molar-refractivity contribution >= 4 is 33.8 Å². The molecule has 0 unspecified atom stereocenters. The number of amides is 1. The Morgan fingerprint density at radius 2 is 2.15 bits per heavy atom. The Hall–Kier alpha value is -1.93. The Balaban J connectivity index is 1.61. The van der Waals surface area contributed by atoms with E-state index in [9.17, 15) is 9.90 Å². The van der Waals surface area contributed by atoms with Gasteiger partial charge >= 0.3 is 0 Å². The number of ether oxygens (including phenoxy) is 1. The average molecular weight is 406 g/mol. The maximum Gasteiger partial charge on any atom is 0.271 e. The topological polar surface area (TPSA) is 67.1 Å². The normalized spacial score (nSPS) is 20.1. The molecule has 1 amide bonds. The number of aliphatic hydroxyl groups excluding tert-OH is 1. The summed E-state index contributed by atoms with van der Waals surface area (Å²) in [6.45, 7) is 4.48. The fraction of sp³-hybridized carbons (Fsp3) is 0.368. The van der Waals surface area contributed by atoms with Crippen LogP contribution in [0.1, 0.15) is 24.3 Å². The van der Waals surface area contributed by atoms with Gasteiger partial charge in [0.05, 0.1) is 22.9 Å². The second kappa shape index (κ2) is 7.24. The van der Waals surface area contributed by atoms with Gasteiger partial charge in [0.25, 0.3) is 5.91 Å². The summed E-state index contributed by atoms with van der Waals surface area (Å²) in [5.41, 5.74) is 2.08. The lowest BCUT2D eigenvalue weighted by Crippen LogP contribution is -2.31. The number of aromatic nitrogens is 2.